The van der Waals surface area contributed by atoms with Crippen molar-refractivity contribution in [3.63, 3.8) is 0 Å². The van der Waals surface area contributed by atoms with Crippen molar-refractivity contribution in [3.05, 3.63) is 60.2 Å². The van der Waals surface area contributed by atoms with E-state index >= 15 is 0 Å². The van der Waals surface area contributed by atoms with Crippen molar-refractivity contribution in [2.24, 2.45) is 0 Å². The van der Waals surface area contributed by atoms with E-state index < -0.39 is 0 Å². The monoisotopic (exact) mass is 255 g/mol. The number of hydrogen-bond acceptors (Lipinski definition) is 4. The highest BCUT2D eigenvalue weighted by Gasteiger charge is 2.04. The zero-order chi connectivity index (χ0) is 13.1. The molecule has 0 bridgehead atoms. The Morgan fingerprint density at radius 2 is 1.89 bits per heavy atom. The molecule has 19 heavy (non-hydrogen) atoms. The lowest BCUT2D eigenvalue weighted by Gasteiger charge is -2.00. The molecule has 0 aliphatic carbocycles. The van der Waals surface area contributed by atoms with Crippen molar-refractivity contribution >= 4 is 0 Å². The van der Waals surface area contributed by atoms with Gasteiger partial charge in [-0.2, -0.15) is 5.10 Å². The molecule has 0 fully saturated rings. The van der Waals surface area contributed by atoms with Gasteiger partial charge >= 0.3 is 0 Å². The van der Waals surface area contributed by atoms with Crippen LogP contribution in [0.1, 0.15) is 11.4 Å². The third-order valence-corrected chi connectivity index (χ3v) is 2.74. The van der Waals surface area contributed by atoms with Gasteiger partial charge in [-0.15, -0.1) is 5.10 Å². The molecule has 2 heterocycles. The summed E-state index contributed by atoms with van der Waals surface area (Å²) in [5.74, 6) is 0. The molecule has 0 aliphatic rings. The first-order valence-corrected chi connectivity index (χ1v) is 5.95. The Balaban J connectivity index is 1.78. The predicted molar refractivity (Wildman–Crippen MR) is 68.6 cm³/mol. The molecule has 0 spiro atoms. The second-order valence-electron chi connectivity index (χ2n) is 4.15. The van der Waals surface area contributed by atoms with Gasteiger partial charge < -0.3 is 5.11 Å². The minimum atomic E-state index is -0.0988. The van der Waals surface area contributed by atoms with E-state index in [2.05, 4.69) is 15.4 Å². The fourth-order valence-electron chi connectivity index (χ4n) is 1.82. The molecular formula is C13H13N5O. The van der Waals surface area contributed by atoms with Gasteiger partial charge in [-0.05, 0) is 18.2 Å². The van der Waals surface area contributed by atoms with E-state index in [1.54, 1.807) is 10.9 Å². The maximum Gasteiger partial charge on any atom is 0.108 e. The van der Waals surface area contributed by atoms with Gasteiger partial charge in [-0.1, -0.05) is 23.4 Å². The van der Waals surface area contributed by atoms with Crippen LogP contribution >= 0.6 is 0 Å². The molecule has 1 N–H and O–H groups in total. The van der Waals surface area contributed by atoms with Gasteiger partial charge in [0, 0.05) is 6.20 Å². The highest BCUT2D eigenvalue weighted by atomic mass is 16.3. The molecule has 0 atom stereocenters. The fourth-order valence-corrected chi connectivity index (χ4v) is 1.82. The third kappa shape index (κ3) is 2.53. The van der Waals surface area contributed by atoms with Crippen LogP contribution in [-0.2, 0) is 13.2 Å². The number of nitrogens with zero attached hydrogens (tertiary/aromatic N) is 5. The summed E-state index contributed by atoms with van der Waals surface area (Å²) in [4.78, 5) is 0. The molecule has 0 amide bonds. The first kappa shape index (κ1) is 11.6. The molecule has 6 heteroatoms. The summed E-state index contributed by atoms with van der Waals surface area (Å²) in [6.07, 6.45) is 3.62. The zero-order valence-electron chi connectivity index (χ0n) is 10.2. The number of benzene rings is 1. The van der Waals surface area contributed by atoms with Gasteiger partial charge in [0.25, 0.3) is 0 Å². The number of para-hydroxylation sites is 1. The normalized spacial score (nSPS) is 10.8. The topological polar surface area (TPSA) is 68.8 Å². The van der Waals surface area contributed by atoms with Crippen LogP contribution in [0.25, 0.3) is 5.69 Å². The van der Waals surface area contributed by atoms with E-state index in [1.807, 2.05) is 47.3 Å². The van der Waals surface area contributed by atoms with Crippen LogP contribution < -0.4 is 0 Å². The van der Waals surface area contributed by atoms with E-state index in [0.717, 1.165) is 11.4 Å². The third-order valence-electron chi connectivity index (χ3n) is 2.74. The first-order chi connectivity index (χ1) is 9.35. The van der Waals surface area contributed by atoms with Crippen molar-refractivity contribution in [2.45, 2.75) is 13.2 Å². The second kappa shape index (κ2) is 5.03. The molecule has 0 aliphatic heterocycles. The van der Waals surface area contributed by atoms with Gasteiger partial charge in [0.1, 0.15) is 5.69 Å². The standard InChI is InChI=1S/C13H13N5O/c19-10-12-9-17(16-14-12)8-11-6-7-18(15-11)13-4-2-1-3-5-13/h1-7,9,19H,8,10H2. The molecule has 2 aromatic heterocycles. The summed E-state index contributed by atoms with van der Waals surface area (Å²) in [6.45, 7) is 0.436. The summed E-state index contributed by atoms with van der Waals surface area (Å²) < 4.78 is 3.47. The number of aliphatic hydroxyl groups is 1. The number of hydrogen-bond donors (Lipinski definition) is 1. The minimum absolute atomic E-state index is 0.0988. The average Bonchev–Trinajstić information content (AvgIpc) is 3.09. The predicted octanol–water partition coefficient (Wildman–Crippen LogP) is 1.00. The van der Waals surface area contributed by atoms with Gasteiger partial charge in [-0.3, -0.25) is 0 Å². The Morgan fingerprint density at radius 3 is 2.63 bits per heavy atom. The van der Waals surface area contributed by atoms with E-state index in [4.69, 9.17) is 5.11 Å². The lowest BCUT2D eigenvalue weighted by molar-refractivity contribution is 0.276. The van der Waals surface area contributed by atoms with Crippen LogP contribution in [0, 0.1) is 0 Å². The van der Waals surface area contributed by atoms with E-state index in [9.17, 15) is 0 Å². The number of rotatable bonds is 4. The van der Waals surface area contributed by atoms with Gasteiger partial charge in [-0.25, -0.2) is 9.36 Å². The lowest BCUT2D eigenvalue weighted by Crippen LogP contribution is -2.02. The molecular weight excluding hydrogens is 242 g/mol. The quantitative estimate of drug-likeness (QED) is 0.755. The first-order valence-electron chi connectivity index (χ1n) is 5.95. The Kier molecular flexibility index (Phi) is 3.07. The highest BCUT2D eigenvalue weighted by Crippen LogP contribution is 2.07. The van der Waals surface area contributed by atoms with Crippen molar-refractivity contribution in [2.75, 3.05) is 0 Å². The second-order valence-corrected chi connectivity index (χ2v) is 4.15. The van der Waals surface area contributed by atoms with Crippen LogP contribution in [0.4, 0.5) is 0 Å². The SMILES string of the molecule is OCc1cn(Cc2ccn(-c3ccccc3)n2)nn1. The highest BCUT2D eigenvalue weighted by molar-refractivity contribution is 5.30. The Hall–Kier alpha value is -2.47. The maximum atomic E-state index is 8.93. The lowest BCUT2D eigenvalue weighted by atomic mass is 10.3. The molecule has 1 aromatic carbocycles. The Morgan fingerprint density at radius 1 is 1.05 bits per heavy atom. The number of aliphatic hydroxyl groups excluding tert-OH is 1. The summed E-state index contributed by atoms with van der Waals surface area (Å²) in [5, 5.41) is 21.2. The molecule has 0 unspecified atom stereocenters. The van der Waals surface area contributed by atoms with Gasteiger partial charge in [0.2, 0.25) is 0 Å². The van der Waals surface area contributed by atoms with Crippen molar-refractivity contribution in [3.8, 4) is 5.69 Å². The molecule has 96 valence electrons. The number of aromatic nitrogens is 5. The van der Waals surface area contributed by atoms with Crippen LogP contribution in [0.15, 0.2) is 48.8 Å². The molecule has 0 saturated carbocycles. The van der Waals surface area contributed by atoms with Crippen molar-refractivity contribution in [1.29, 1.82) is 0 Å². The smallest absolute Gasteiger partial charge is 0.108 e. The molecule has 3 aromatic rings. The molecule has 6 nitrogen and oxygen atoms in total. The summed E-state index contributed by atoms with van der Waals surface area (Å²) in [6, 6.07) is 11.8. The van der Waals surface area contributed by atoms with E-state index in [-0.39, 0.29) is 6.61 Å². The summed E-state index contributed by atoms with van der Waals surface area (Å²) in [5.41, 5.74) is 2.46. The van der Waals surface area contributed by atoms with Crippen LogP contribution in [0.2, 0.25) is 0 Å². The Bertz CT molecular complexity index is 658. The fraction of sp³-hybridized carbons (Fsp3) is 0.154. The van der Waals surface area contributed by atoms with Crippen molar-refractivity contribution in [1.82, 2.24) is 24.8 Å². The van der Waals surface area contributed by atoms with E-state index in [0.29, 0.717) is 12.2 Å². The molecule has 0 saturated heterocycles. The van der Waals surface area contributed by atoms with Crippen LogP contribution in [-0.4, -0.2) is 29.9 Å². The average molecular weight is 255 g/mol. The Labute approximate surface area is 109 Å². The van der Waals surface area contributed by atoms with E-state index in [1.165, 1.54) is 0 Å². The maximum absolute atomic E-state index is 8.93. The summed E-state index contributed by atoms with van der Waals surface area (Å²) in [7, 11) is 0. The largest absolute Gasteiger partial charge is 0.390 e. The molecule has 0 radical (unpaired) electrons. The molecule has 3 rings (SSSR count). The zero-order valence-corrected chi connectivity index (χ0v) is 10.2. The van der Waals surface area contributed by atoms with Crippen molar-refractivity contribution < 1.29 is 5.11 Å². The summed E-state index contributed by atoms with van der Waals surface area (Å²) >= 11 is 0. The minimum Gasteiger partial charge on any atom is -0.390 e. The van der Waals surface area contributed by atoms with Crippen LogP contribution in [0.5, 0.6) is 0 Å². The van der Waals surface area contributed by atoms with Gasteiger partial charge in [0.15, 0.2) is 0 Å². The van der Waals surface area contributed by atoms with Crippen LogP contribution in [0.3, 0.4) is 0 Å². The van der Waals surface area contributed by atoms with Gasteiger partial charge in [0.05, 0.1) is 30.7 Å².